The number of ketones is 2. The summed E-state index contributed by atoms with van der Waals surface area (Å²) in [6, 6.07) is 6.80. The number of aliphatic hydroxyl groups excluding tert-OH is 3. The molecule has 6 unspecified atom stereocenters. The molecular formula is C85H148N4O23. The molecular weight excluding hydrogens is 1440 g/mol. The van der Waals surface area contributed by atoms with Crippen molar-refractivity contribution in [1.29, 1.82) is 0 Å². The van der Waals surface area contributed by atoms with E-state index in [1.165, 1.54) is 117 Å². The molecule has 4 amide bonds. The van der Waals surface area contributed by atoms with E-state index in [4.69, 9.17) is 59.2 Å². The van der Waals surface area contributed by atoms with Crippen LogP contribution in [-0.2, 0) is 97.2 Å². The number of hydrogen-bond donors (Lipinski definition) is 8. The molecule has 16 atom stereocenters. The molecule has 3 saturated heterocycles. The van der Waals surface area contributed by atoms with E-state index >= 15 is 0 Å². The second kappa shape index (κ2) is 62.3. The normalized spacial score (nSPS) is 21.6. The molecule has 1 aromatic rings. The van der Waals surface area contributed by atoms with Crippen molar-refractivity contribution >= 4 is 59.1 Å². The Kier molecular flexibility index (Phi) is 57.8. The minimum Gasteiger partial charge on any atom is -0.481 e. The SMILES string of the molecule is C1CCOC1.CC.CC(C)CCCCCCCCCCCC(=O)OCC1O[C@@H](O)C(C)C(O[C@H](C)C(=O)C[C@@H](C)C(=O)N[C@@H](CCC(=O)O)C(N)=O)[C@@H]1O.CCCCO[C@H]1OC(COC(=O)CCCCCCCCCCCC(C)C)[C@@H](O)C(O[C@H](C)C(=O)C[C@@H](C)C(=O)N[C@@H](CCC(=O)OCc2ccccc2)C(N)=O)C1C. The molecule has 646 valence electrons. The number of primary amides is 2. The van der Waals surface area contributed by atoms with Crippen LogP contribution in [0.3, 0.4) is 0 Å². The number of carboxylic acid groups (broad SMARTS) is 1. The minimum atomic E-state index is -1.34. The number of rotatable bonds is 56. The standard InChI is InChI=1S/C45H74N2O11.C34H60N2O11.C4H8O.C2H6/c1-7-8-27-54-45-33(5)42(41(51)38(58-45)30-56-39(49)24-20-15-13-11-9-10-12-14-17-21-31(2)3)57-34(6)37(48)28-32(4)44(53)47-36(43(46)52)25-26-40(50)55-29-35-22-18-16-19-23-35;1-21(2)15-13-11-9-7-6-8-10-12-14-16-29(40)45-20-27-30(41)31(23(4)34(44)47-27)46-24(5)26(37)19-22(3)33(43)36-25(32(35)42)17-18-28(38)39;1-2-4-5-3-1;1-2/h16,18-19,22-23,31-34,36,38,41-42,45,51H,7-15,17,20-21,24-30H2,1-6H3,(H2,46,52)(H,47,53);21-25,27,30-31,34,41,44H,6-20H2,1-5H3,(H2,35,42)(H,36,43)(H,38,39);1-4H2;1-2H3/t32-,33?,34-,36+,38?,41-,42?,45+;22-,23?,24-,25+,27?,30-,31?,34-;;/m11../s1. The summed E-state index contributed by atoms with van der Waals surface area (Å²) in [6.07, 6.45) is 15.9. The van der Waals surface area contributed by atoms with Crippen LogP contribution in [0, 0.1) is 35.5 Å². The van der Waals surface area contributed by atoms with E-state index in [1.807, 2.05) is 51.1 Å². The number of carboxylic acids is 1. The molecule has 0 spiro atoms. The van der Waals surface area contributed by atoms with Crippen LogP contribution in [0.5, 0.6) is 0 Å². The first kappa shape index (κ1) is 104. The van der Waals surface area contributed by atoms with E-state index in [9.17, 15) is 63.3 Å². The van der Waals surface area contributed by atoms with Crippen LogP contribution < -0.4 is 22.1 Å². The predicted octanol–water partition coefficient (Wildman–Crippen LogP) is 12.1. The molecule has 0 radical (unpaired) electrons. The lowest BCUT2D eigenvalue weighted by atomic mass is 9.91. The summed E-state index contributed by atoms with van der Waals surface area (Å²) >= 11 is 0. The third-order valence-corrected chi connectivity index (χ3v) is 20.1. The highest BCUT2D eigenvalue weighted by Gasteiger charge is 2.47. The van der Waals surface area contributed by atoms with Gasteiger partial charge in [0.25, 0.3) is 0 Å². The van der Waals surface area contributed by atoms with Gasteiger partial charge in [0.05, 0.1) is 12.2 Å². The zero-order chi connectivity index (χ0) is 83.9. The number of carbonyl (C=O) groups excluding carboxylic acids is 9. The zero-order valence-corrected chi connectivity index (χ0v) is 70.3. The highest BCUT2D eigenvalue weighted by molar-refractivity contribution is 5.92. The monoisotopic (exact) mass is 1590 g/mol. The third kappa shape index (κ3) is 47.1. The number of hydrogen-bond acceptors (Lipinski definition) is 22. The lowest BCUT2D eigenvalue weighted by molar-refractivity contribution is -0.293. The summed E-state index contributed by atoms with van der Waals surface area (Å²) < 4.78 is 50.6. The number of Topliss-reactive ketones (excluding diaryl/α,β-unsaturated/α-hetero) is 2. The Balaban J connectivity index is 0.00000105. The summed E-state index contributed by atoms with van der Waals surface area (Å²) in [4.78, 5) is 124. The maximum atomic E-state index is 13.3. The zero-order valence-electron chi connectivity index (χ0n) is 70.3. The Bertz CT molecular complexity index is 2750. The Hall–Kier alpha value is -6.04. The molecule has 0 saturated carbocycles. The molecule has 10 N–H and O–H groups in total. The van der Waals surface area contributed by atoms with Gasteiger partial charge in [-0.05, 0) is 76.2 Å². The quantitative estimate of drug-likeness (QED) is 0.0171. The fourth-order valence-corrected chi connectivity index (χ4v) is 12.7. The van der Waals surface area contributed by atoms with Crippen LogP contribution in [0.15, 0.2) is 30.3 Å². The number of unbranched alkanes of at least 4 members (excludes halogenated alkanes) is 17. The van der Waals surface area contributed by atoms with Crippen molar-refractivity contribution in [2.24, 2.45) is 47.0 Å². The first-order chi connectivity index (χ1) is 53.4. The molecule has 27 nitrogen and oxygen atoms in total. The number of benzene rings is 1. The van der Waals surface area contributed by atoms with Crippen LogP contribution in [0.1, 0.15) is 301 Å². The van der Waals surface area contributed by atoms with Gasteiger partial charge in [-0.1, -0.05) is 228 Å². The van der Waals surface area contributed by atoms with Gasteiger partial charge in [-0.15, -0.1) is 0 Å². The molecule has 0 aromatic heterocycles. The number of nitrogens with one attached hydrogen (secondary N) is 2. The van der Waals surface area contributed by atoms with Crippen molar-refractivity contribution in [3.05, 3.63) is 35.9 Å². The molecule has 3 aliphatic rings. The molecule has 27 heteroatoms. The smallest absolute Gasteiger partial charge is 0.306 e. The van der Waals surface area contributed by atoms with E-state index < -0.39 is 150 Å². The minimum absolute atomic E-state index is 0.0642. The number of nitrogens with two attached hydrogens (primary N) is 2. The van der Waals surface area contributed by atoms with E-state index in [1.54, 1.807) is 20.8 Å². The second-order valence-electron chi connectivity index (χ2n) is 31.1. The summed E-state index contributed by atoms with van der Waals surface area (Å²) in [6.45, 7) is 26.5. The van der Waals surface area contributed by atoms with Crippen molar-refractivity contribution in [3.63, 3.8) is 0 Å². The van der Waals surface area contributed by atoms with E-state index in [2.05, 4.69) is 38.3 Å². The summed E-state index contributed by atoms with van der Waals surface area (Å²) in [7, 11) is 0. The molecule has 3 heterocycles. The lowest BCUT2D eigenvalue weighted by Gasteiger charge is -2.43. The lowest BCUT2D eigenvalue weighted by Crippen LogP contribution is -2.57. The van der Waals surface area contributed by atoms with Gasteiger partial charge in [0.2, 0.25) is 23.6 Å². The first-order valence-corrected chi connectivity index (χ1v) is 42.2. The highest BCUT2D eigenvalue weighted by atomic mass is 16.7. The van der Waals surface area contributed by atoms with Crippen LogP contribution in [0.25, 0.3) is 0 Å². The van der Waals surface area contributed by atoms with Gasteiger partial charge in [0.15, 0.2) is 24.1 Å². The van der Waals surface area contributed by atoms with Crippen LogP contribution in [-0.4, -0.2) is 186 Å². The van der Waals surface area contributed by atoms with E-state index in [0.717, 1.165) is 82.0 Å². The Labute approximate surface area is 669 Å². The number of ether oxygens (including phenoxy) is 9. The number of carbonyl (C=O) groups is 10. The van der Waals surface area contributed by atoms with Crippen LogP contribution in [0.2, 0.25) is 0 Å². The first-order valence-electron chi connectivity index (χ1n) is 42.2. The fraction of sp³-hybridized carbons (Fsp3) is 0.812. The van der Waals surface area contributed by atoms with Gasteiger partial charge in [-0.25, -0.2) is 0 Å². The van der Waals surface area contributed by atoms with Gasteiger partial charge in [-0.3, -0.25) is 47.9 Å². The van der Waals surface area contributed by atoms with E-state index in [0.29, 0.717) is 13.0 Å². The van der Waals surface area contributed by atoms with Gasteiger partial charge in [0.1, 0.15) is 68.5 Å². The van der Waals surface area contributed by atoms with Crippen molar-refractivity contribution in [3.8, 4) is 0 Å². The van der Waals surface area contributed by atoms with Gasteiger partial charge in [-0.2, -0.15) is 0 Å². The number of esters is 3. The third-order valence-electron chi connectivity index (χ3n) is 20.1. The van der Waals surface area contributed by atoms with Gasteiger partial charge < -0.3 is 85.2 Å². The highest BCUT2D eigenvalue weighted by Crippen LogP contribution is 2.33. The molecule has 0 aliphatic carbocycles. The van der Waals surface area contributed by atoms with Crippen molar-refractivity contribution in [2.75, 3.05) is 33.0 Å². The predicted molar refractivity (Wildman–Crippen MR) is 426 cm³/mol. The number of aliphatic carboxylic acids is 1. The van der Waals surface area contributed by atoms with Crippen LogP contribution in [0.4, 0.5) is 0 Å². The van der Waals surface area contributed by atoms with Crippen molar-refractivity contribution in [1.82, 2.24) is 10.6 Å². The molecule has 0 bridgehead atoms. The molecule has 4 rings (SSSR count). The van der Waals surface area contributed by atoms with E-state index in [-0.39, 0.29) is 77.2 Å². The topological polar surface area (TPSA) is 411 Å². The summed E-state index contributed by atoms with van der Waals surface area (Å²) in [5.41, 5.74) is 11.6. The van der Waals surface area contributed by atoms with Crippen LogP contribution >= 0.6 is 0 Å². The fourth-order valence-electron chi connectivity index (χ4n) is 12.7. The maximum absolute atomic E-state index is 13.3. The molecule has 3 aliphatic heterocycles. The summed E-state index contributed by atoms with van der Waals surface area (Å²) in [5, 5.41) is 46.5. The van der Waals surface area contributed by atoms with Gasteiger partial charge in [0, 0.05) is 82.0 Å². The van der Waals surface area contributed by atoms with Crippen molar-refractivity contribution < 1.29 is 111 Å². The average molecular weight is 1590 g/mol. The van der Waals surface area contributed by atoms with Crippen molar-refractivity contribution in [2.45, 2.75) is 376 Å². The Morgan fingerprint density at radius 1 is 0.500 bits per heavy atom. The Morgan fingerprint density at radius 3 is 1.29 bits per heavy atom. The van der Waals surface area contributed by atoms with Gasteiger partial charge >= 0.3 is 23.9 Å². The number of aliphatic hydroxyl groups is 3. The maximum Gasteiger partial charge on any atom is 0.306 e. The summed E-state index contributed by atoms with van der Waals surface area (Å²) in [5.74, 6) is -7.71. The molecule has 1 aromatic carbocycles. The average Bonchev–Trinajstić information content (AvgIpc) is 0.840. The largest absolute Gasteiger partial charge is 0.481 e. The molecule has 3 fully saturated rings. The number of amides is 4. The Morgan fingerprint density at radius 2 is 0.893 bits per heavy atom. The molecule has 112 heavy (non-hydrogen) atoms. The second-order valence-corrected chi connectivity index (χ2v) is 31.1.